The van der Waals surface area contributed by atoms with E-state index in [0.29, 0.717) is 6.04 Å². The lowest BCUT2D eigenvalue weighted by molar-refractivity contribution is 0.0147. The number of piperazine rings is 1. The molecule has 2 fully saturated rings. The number of aryl methyl sites for hydroxylation is 1. The number of hydrogen-bond acceptors (Lipinski definition) is 6. The van der Waals surface area contributed by atoms with E-state index in [0.717, 1.165) is 39.3 Å². The van der Waals surface area contributed by atoms with Crippen LogP contribution < -0.4 is 10.0 Å². The fourth-order valence-electron chi connectivity index (χ4n) is 4.15. The van der Waals surface area contributed by atoms with Gasteiger partial charge in [-0.2, -0.15) is 0 Å². The molecule has 1 aliphatic carbocycles. The Labute approximate surface area is 192 Å². The maximum atomic E-state index is 12.2. The van der Waals surface area contributed by atoms with E-state index >= 15 is 0 Å². The van der Waals surface area contributed by atoms with Crippen LogP contribution in [-0.4, -0.2) is 66.8 Å². The largest absolute Gasteiger partial charge is 0.444 e. The lowest BCUT2D eigenvalue weighted by atomic mass is 9.95. The zero-order valence-electron chi connectivity index (χ0n) is 19.7. The summed E-state index contributed by atoms with van der Waals surface area (Å²) in [7, 11) is 0. The number of hydrogen-bond donors (Lipinski definition) is 2. The van der Waals surface area contributed by atoms with Crippen LogP contribution in [0, 0.1) is 6.92 Å². The van der Waals surface area contributed by atoms with Crippen molar-refractivity contribution in [1.29, 1.82) is 0 Å². The van der Waals surface area contributed by atoms with E-state index in [1.807, 2.05) is 25.7 Å². The molecular formula is C24H40N4O2S. The van der Waals surface area contributed by atoms with Crippen molar-refractivity contribution in [3.63, 3.8) is 0 Å². The van der Waals surface area contributed by atoms with Crippen molar-refractivity contribution in [1.82, 2.24) is 14.5 Å². The summed E-state index contributed by atoms with van der Waals surface area (Å²) in [6.45, 7) is 13.1. The van der Waals surface area contributed by atoms with E-state index in [1.54, 1.807) is 11.9 Å². The molecule has 2 N–H and O–H groups in total. The zero-order chi connectivity index (χ0) is 22.3. The van der Waals surface area contributed by atoms with Gasteiger partial charge in [0, 0.05) is 55.9 Å². The van der Waals surface area contributed by atoms with E-state index in [9.17, 15) is 4.79 Å². The zero-order valence-corrected chi connectivity index (χ0v) is 20.5. The monoisotopic (exact) mass is 448 g/mol. The summed E-state index contributed by atoms with van der Waals surface area (Å²) >= 11 is 1.70. The van der Waals surface area contributed by atoms with E-state index in [2.05, 4.69) is 40.1 Å². The van der Waals surface area contributed by atoms with Gasteiger partial charge in [-0.3, -0.25) is 9.62 Å². The van der Waals surface area contributed by atoms with Crippen LogP contribution in [0.5, 0.6) is 0 Å². The Balaban J connectivity index is 1.33. The highest BCUT2D eigenvalue weighted by Gasteiger charge is 2.25. The van der Waals surface area contributed by atoms with Gasteiger partial charge in [-0.15, -0.1) is 0 Å². The van der Waals surface area contributed by atoms with Crippen molar-refractivity contribution in [3.8, 4) is 0 Å². The fourth-order valence-corrected chi connectivity index (χ4v) is 4.88. The van der Waals surface area contributed by atoms with E-state index < -0.39 is 5.60 Å². The lowest BCUT2D eigenvalue weighted by Gasteiger charge is -2.35. The smallest absolute Gasteiger partial charge is 0.410 e. The van der Waals surface area contributed by atoms with Crippen LogP contribution in [0.4, 0.5) is 10.5 Å². The van der Waals surface area contributed by atoms with Crippen molar-refractivity contribution in [2.45, 2.75) is 76.3 Å². The fraction of sp³-hybridized carbons (Fsp3) is 0.708. The van der Waals surface area contributed by atoms with Gasteiger partial charge >= 0.3 is 6.09 Å². The first-order valence-electron chi connectivity index (χ1n) is 11.8. The Bertz CT molecular complexity index is 708. The molecule has 1 aromatic carbocycles. The van der Waals surface area contributed by atoms with Crippen molar-refractivity contribution in [2.75, 3.05) is 44.6 Å². The number of benzene rings is 1. The summed E-state index contributed by atoms with van der Waals surface area (Å²) in [6.07, 6.45) is 6.48. The minimum absolute atomic E-state index is 0.197. The van der Waals surface area contributed by atoms with Gasteiger partial charge in [0.05, 0.1) is 0 Å². The molecule has 1 saturated heterocycles. The maximum absolute atomic E-state index is 12.2. The second kappa shape index (κ2) is 11.4. The van der Waals surface area contributed by atoms with Gasteiger partial charge in [-0.1, -0.05) is 19.3 Å². The summed E-state index contributed by atoms with van der Waals surface area (Å²) in [4.78, 5) is 17.6. The Hall–Kier alpha value is -1.44. The van der Waals surface area contributed by atoms with Gasteiger partial charge < -0.3 is 15.0 Å². The molecule has 0 atom stereocenters. The molecule has 1 saturated carbocycles. The van der Waals surface area contributed by atoms with Crippen LogP contribution in [0.1, 0.15) is 58.4 Å². The summed E-state index contributed by atoms with van der Waals surface area (Å²) in [5.74, 6) is 0. The van der Waals surface area contributed by atoms with Gasteiger partial charge in [0.15, 0.2) is 0 Å². The maximum Gasteiger partial charge on any atom is 0.410 e. The second-order valence-electron chi connectivity index (χ2n) is 9.76. The normalized spacial score (nSPS) is 18.8. The molecule has 1 aliphatic heterocycles. The number of anilines is 1. The number of nitrogens with zero attached hydrogens (tertiary/aromatic N) is 2. The minimum Gasteiger partial charge on any atom is -0.444 e. The predicted molar refractivity (Wildman–Crippen MR) is 130 cm³/mol. The van der Waals surface area contributed by atoms with Crippen molar-refractivity contribution in [3.05, 3.63) is 23.8 Å². The van der Waals surface area contributed by atoms with Gasteiger partial charge in [-0.25, -0.2) is 4.79 Å². The molecule has 1 amide bonds. The first-order valence-corrected chi connectivity index (χ1v) is 12.6. The van der Waals surface area contributed by atoms with Crippen molar-refractivity contribution >= 4 is 23.7 Å². The quantitative estimate of drug-likeness (QED) is 0.458. The highest BCUT2D eigenvalue weighted by molar-refractivity contribution is 7.97. The number of rotatable bonds is 7. The van der Waals surface area contributed by atoms with Gasteiger partial charge in [0.2, 0.25) is 0 Å². The molecule has 0 spiro atoms. The number of ether oxygens (including phenoxy) is 1. The molecule has 7 heteroatoms. The Morgan fingerprint density at radius 3 is 2.48 bits per heavy atom. The molecule has 1 aromatic rings. The van der Waals surface area contributed by atoms with E-state index in [4.69, 9.17) is 4.74 Å². The molecule has 174 valence electrons. The van der Waals surface area contributed by atoms with Crippen molar-refractivity contribution in [2.24, 2.45) is 0 Å². The Kier molecular flexibility index (Phi) is 8.93. The molecule has 6 nitrogen and oxygen atoms in total. The van der Waals surface area contributed by atoms with Gasteiger partial charge in [0.25, 0.3) is 0 Å². The summed E-state index contributed by atoms with van der Waals surface area (Å²) < 4.78 is 8.96. The molecule has 2 aliphatic rings. The summed E-state index contributed by atoms with van der Waals surface area (Å²) in [5, 5.41) is 3.74. The van der Waals surface area contributed by atoms with Crippen LogP contribution in [-0.2, 0) is 4.74 Å². The van der Waals surface area contributed by atoms with Gasteiger partial charge in [-0.05, 0) is 76.2 Å². The van der Waals surface area contributed by atoms with Crippen LogP contribution in [0.3, 0.4) is 0 Å². The standard InChI is InChI=1S/C24H40N4O2S/c1-19-18-21(10-11-22(19)26-20-8-6-5-7-9-20)31-25-12-13-27-14-16-28(17-15-27)23(29)30-24(2,3)4/h10-11,18,20,25-26H,5-9,12-17H2,1-4H3. The summed E-state index contributed by atoms with van der Waals surface area (Å²) in [6, 6.07) is 7.33. The number of carbonyl (C=O) groups excluding carboxylic acids is 1. The molecule has 0 unspecified atom stereocenters. The number of nitrogens with one attached hydrogen (secondary N) is 2. The van der Waals surface area contributed by atoms with Crippen LogP contribution in [0.25, 0.3) is 0 Å². The Morgan fingerprint density at radius 1 is 1.13 bits per heavy atom. The highest BCUT2D eigenvalue weighted by atomic mass is 32.2. The molecule has 0 aromatic heterocycles. The second-order valence-corrected chi connectivity index (χ2v) is 10.7. The van der Waals surface area contributed by atoms with Crippen LogP contribution >= 0.6 is 11.9 Å². The molecular weight excluding hydrogens is 408 g/mol. The molecule has 0 bridgehead atoms. The molecule has 31 heavy (non-hydrogen) atoms. The Morgan fingerprint density at radius 2 is 1.84 bits per heavy atom. The molecule has 0 radical (unpaired) electrons. The third-order valence-corrected chi connectivity index (χ3v) is 6.74. The molecule has 3 rings (SSSR count). The highest BCUT2D eigenvalue weighted by Crippen LogP contribution is 2.26. The topological polar surface area (TPSA) is 56.8 Å². The molecule has 1 heterocycles. The summed E-state index contributed by atoms with van der Waals surface area (Å²) in [5.41, 5.74) is 2.16. The number of amides is 1. The predicted octanol–water partition coefficient (Wildman–Crippen LogP) is 4.89. The third kappa shape index (κ3) is 8.20. The third-order valence-electron chi connectivity index (χ3n) is 5.91. The number of carbonyl (C=O) groups is 1. The van der Waals surface area contributed by atoms with E-state index in [1.165, 1.54) is 48.3 Å². The van der Waals surface area contributed by atoms with Crippen LogP contribution in [0.15, 0.2) is 23.1 Å². The van der Waals surface area contributed by atoms with E-state index in [-0.39, 0.29) is 6.09 Å². The van der Waals surface area contributed by atoms with Crippen molar-refractivity contribution < 1.29 is 9.53 Å². The lowest BCUT2D eigenvalue weighted by Crippen LogP contribution is -2.50. The minimum atomic E-state index is -0.433. The first kappa shape index (κ1) is 24.2. The first-order chi connectivity index (χ1) is 14.8. The average Bonchev–Trinajstić information content (AvgIpc) is 2.73. The van der Waals surface area contributed by atoms with Gasteiger partial charge in [0.1, 0.15) is 5.60 Å². The average molecular weight is 449 g/mol. The SMILES string of the molecule is Cc1cc(SNCCN2CCN(C(=O)OC(C)(C)C)CC2)ccc1NC1CCCCC1. The van der Waals surface area contributed by atoms with Crippen LogP contribution in [0.2, 0.25) is 0 Å².